The third kappa shape index (κ3) is 1.74. The second kappa shape index (κ2) is 4.36. The first-order chi connectivity index (χ1) is 11.2. The van der Waals surface area contributed by atoms with Crippen molar-refractivity contribution in [3.63, 3.8) is 0 Å². The van der Waals surface area contributed by atoms with Gasteiger partial charge in [0.2, 0.25) is 11.5 Å². The van der Waals surface area contributed by atoms with Crippen molar-refractivity contribution in [1.82, 2.24) is 24.8 Å². The molecule has 23 heavy (non-hydrogen) atoms. The average molecular weight is 306 g/mol. The number of para-hydroxylation sites is 1. The van der Waals surface area contributed by atoms with Crippen LogP contribution < -0.4 is 4.90 Å². The Morgan fingerprint density at radius 2 is 2.09 bits per heavy atom. The lowest BCUT2D eigenvalue weighted by Crippen LogP contribution is -2.41. The van der Waals surface area contributed by atoms with Crippen LogP contribution >= 0.6 is 0 Å². The Kier molecular flexibility index (Phi) is 2.41. The first-order valence-corrected chi connectivity index (χ1v) is 7.61. The largest absolute Gasteiger partial charge is 0.318 e. The van der Waals surface area contributed by atoms with E-state index in [2.05, 4.69) is 15.3 Å². The number of aliphatic imine (C=N–C) groups is 1. The summed E-state index contributed by atoms with van der Waals surface area (Å²) in [6.07, 6.45) is 5.99. The Bertz CT molecular complexity index is 891. The van der Waals surface area contributed by atoms with Gasteiger partial charge in [-0.05, 0) is 23.8 Å². The highest BCUT2D eigenvalue weighted by Crippen LogP contribution is 2.40. The van der Waals surface area contributed by atoms with Crippen molar-refractivity contribution in [2.24, 2.45) is 4.99 Å². The van der Waals surface area contributed by atoms with Crippen LogP contribution in [0.4, 0.5) is 5.69 Å². The molecule has 7 nitrogen and oxygen atoms in total. The average Bonchev–Trinajstić information content (AvgIpc) is 3.14. The molecule has 0 unspecified atom stereocenters. The van der Waals surface area contributed by atoms with E-state index in [0.717, 1.165) is 11.4 Å². The maximum Gasteiger partial charge on any atom is 0.318 e. The summed E-state index contributed by atoms with van der Waals surface area (Å²) in [5.41, 5.74) is 2.51. The molecule has 5 rings (SSSR count). The highest BCUT2D eigenvalue weighted by Gasteiger charge is 2.46. The van der Waals surface area contributed by atoms with Crippen LogP contribution in [0.25, 0.3) is 5.82 Å². The molecule has 2 aromatic rings. The zero-order valence-electron chi connectivity index (χ0n) is 12.5. The van der Waals surface area contributed by atoms with Crippen molar-refractivity contribution in [2.45, 2.75) is 18.8 Å². The van der Waals surface area contributed by atoms with E-state index in [-0.39, 0.29) is 5.91 Å². The molecule has 0 N–H and O–H groups in total. The van der Waals surface area contributed by atoms with Gasteiger partial charge in [-0.25, -0.2) is 0 Å². The van der Waals surface area contributed by atoms with Crippen molar-refractivity contribution in [3.8, 4) is 0 Å². The van der Waals surface area contributed by atoms with Gasteiger partial charge in [0, 0.05) is 19.0 Å². The summed E-state index contributed by atoms with van der Waals surface area (Å²) in [5.74, 6) is 1.82. The fraction of sp³-hybridized carbons (Fsp3) is 0.250. The first kappa shape index (κ1) is 12.7. The Morgan fingerprint density at radius 1 is 1.26 bits per heavy atom. The Labute approximate surface area is 132 Å². The van der Waals surface area contributed by atoms with Crippen molar-refractivity contribution in [3.05, 3.63) is 47.5 Å². The summed E-state index contributed by atoms with van der Waals surface area (Å²) in [6, 6.07) is 7.54. The Hall–Kier alpha value is -2.80. The van der Waals surface area contributed by atoms with Crippen LogP contribution in [0.3, 0.4) is 0 Å². The smallest absolute Gasteiger partial charge is 0.268 e. The molecule has 1 amide bonds. The summed E-state index contributed by atoms with van der Waals surface area (Å²) in [4.78, 5) is 20.6. The molecular weight excluding hydrogens is 292 g/mol. The molecule has 0 atom stereocenters. The fourth-order valence-corrected chi connectivity index (χ4v) is 3.07. The number of carbonyl (C=O) groups excluding carboxylic acids is 1. The topological polar surface area (TPSA) is 69.3 Å². The third-order valence-electron chi connectivity index (χ3n) is 4.46. The zero-order chi connectivity index (χ0) is 15.6. The minimum absolute atomic E-state index is 0.0441. The molecule has 0 spiro atoms. The van der Waals surface area contributed by atoms with E-state index < -0.39 is 0 Å². The van der Waals surface area contributed by atoms with Gasteiger partial charge in [-0.3, -0.25) is 9.69 Å². The molecule has 7 heteroatoms. The molecule has 0 saturated heterocycles. The normalized spacial score (nSPS) is 20.2. The number of carbonyl (C=O) groups is 1. The number of hydrogen-bond donors (Lipinski definition) is 0. The van der Waals surface area contributed by atoms with E-state index in [1.807, 2.05) is 35.4 Å². The lowest BCUT2D eigenvalue weighted by Gasteiger charge is -2.23. The second-order valence-electron chi connectivity index (χ2n) is 6.01. The zero-order valence-corrected chi connectivity index (χ0v) is 12.5. The minimum Gasteiger partial charge on any atom is -0.268 e. The van der Waals surface area contributed by atoms with Crippen LogP contribution in [-0.4, -0.2) is 39.2 Å². The van der Waals surface area contributed by atoms with E-state index >= 15 is 0 Å². The molecule has 1 aliphatic carbocycles. The van der Waals surface area contributed by atoms with E-state index in [0.29, 0.717) is 23.1 Å². The van der Waals surface area contributed by atoms with Crippen LogP contribution in [0.15, 0.2) is 41.3 Å². The number of amides is 1. The van der Waals surface area contributed by atoms with Crippen molar-refractivity contribution in [1.29, 1.82) is 0 Å². The van der Waals surface area contributed by atoms with E-state index in [1.165, 1.54) is 12.8 Å². The molecule has 1 saturated carbocycles. The summed E-state index contributed by atoms with van der Waals surface area (Å²) in [7, 11) is 1.76. The number of rotatable bonds is 2. The Balaban J connectivity index is 1.65. The predicted octanol–water partition coefficient (Wildman–Crippen LogP) is 1.84. The lowest BCUT2D eigenvalue weighted by molar-refractivity contribution is 0.0815. The quantitative estimate of drug-likeness (QED) is 0.795. The van der Waals surface area contributed by atoms with Crippen LogP contribution in [0, 0.1) is 0 Å². The number of benzene rings is 1. The minimum atomic E-state index is -0.0441. The van der Waals surface area contributed by atoms with Gasteiger partial charge in [0.15, 0.2) is 0 Å². The SMILES string of the molecule is CN1C(=O)c2ccccc2[N+]2C=NC(n3cc(C4CC4)nn3)=C12. The van der Waals surface area contributed by atoms with Crippen molar-refractivity contribution >= 4 is 23.8 Å². The van der Waals surface area contributed by atoms with Crippen molar-refractivity contribution in [2.75, 3.05) is 7.05 Å². The third-order valence-corrected chi connectivity index (χ3v) is 4.46. The van der Waals surface area contributed by atoms with E-state index in [9.17, 15) is 4.79 Å². The number of fused-ring (bicyclic) bond motifs is 3. The summed E-state index contributed by atoms with van der Waals surface area (Å²) in [6.45, 7) is 0. The van der Waals surface area contributed by atoms with E-state index in [1.54, 1.807) is 23.0 Å². The summed E-state index contributed by atoms with van der Waals surface area (Å²) >= 11 is 0. The molecule has 1 fully saturated rings. The number of nitrogens with zero attached hydrogens (tertiary/aromatic N) is 6. The van der Waals surface area contributed by atoms with Gasteiger partial charge in [-0.15, -0.1) is 5.10 Å². The molecule has 3 heterocycles. The van der Waals surface area contributed by atoms with Gasteiger partial charge in [-0.1, -0.05) is 17.3 Å². The van der Waals surface area contributed by atoms with Gasteiger partial charge in [0.05, 0.1) is 11.9 Å². The number of hydrogen-bond acceptors (Lipinski definition) is 5. The molecule has 2 aliphatic heterocycles. The van der Waals surface area contributed by atoms with Crippen LogP contribution in [-0.2, 0) is 0 Å². The molecule has 1 aromatic carbocycles. The maximum atomic E-state index is 12.6. The molecule has 0 bridgehead atoms. The standard InChI is InChI=1S/C16H14N6O/c1-20-15-14(22-8-12(18-19-22)10-6-7-10)17-9-21(15)13-5-3-2-4-11(13)16(20)23/h2-5,8-10H,6-7H2,1H3/q+1. The fourth-order valence-electron chi connectivity index (χ4n) is 3.07. The second-order valence-corrected chi connectivity index (χ2v) is 6.01. The highest BCUT2D eigenvalue weighted by atomic mass is 16.2. The van der Waals surface area contributed by atoms with Gasteiger partial charge in [0.25, 0.3) is 12.2 Å². The summed E-state index contributed by atoms with van der Waals surface area (Å²) < 4.78 is 1.66. The molecule has 3 aliphatic rings. The molecular formula is C16H14N6O+. The van der Waals surface area contributed by atoms with Crippen LogP contribution in [0.5, 0.6) is 0 Å². The highest BCUT2D eigenvalue weighted by molar-refractivity contribution is 6.06. The maximum absolute atomic E-state index is 12.6. The van der Waals surface area contributed by atoms with Crippen LogP contribution in [0.2, 0.25) is 0 Å². The monoisotopic (exact) mass is 306 g/mol. The van der Waals surface area contributed by atoms with Gasteiger partial charge < -0.3 is 0 Å². The first-order valence-electron chi connectivity index (χ1n) is 7.61. The van der Waals surface area contributed by atoms with Gasteiger partial charge in [-0.2, -0.15) is 9.67 Å². The van der Waals surface area contributed by atoms with Crippen molar-refractivity contribution < 1.29 is 4.79 Å². The molecule has 1 aromatic heterocycles. The number of anilines is 1. The predicted molar refractivity (Wildman–Crippen MR) is 84.0 cm³/mol. The van der Waals surface area contributed by atoms with E-state index in [4.69, 9.17) is 0 Å². The molecule has 1 radical (unpaired) electrons. The molecule has 113 valence electrons. The van der Waals surface area contributed by atoms with Gasteiger partial charge >= 0.3 is 5.82 Å². The lowest BCUT2D eigenvalue weighted by atomic mass is 10.1. The van der Waals surface area contributed by atoms with Gasteiger partial charge in [0.1, 0.15) is 5.56 Å². The summed E-state index contributed by atoms with van der Waals surface area (Å²) in [5, 5.41) is 8.43. The Morgan fingerprint density at radius 3 is 2.91 bits per heavy atom. The number of aromatic nitrogens is 3. The van der Waals surface area contributed by atoms with Crippen LogP contribution in [0.1, 0.15) is 34.8 Å².